The maximum atomic E-state index is 12.0. The number of rotatable bonds is 8. The average molecular weight is 417 g/mol. The summed E-state index contributed by atoms with van der Waals surface area (Å²) in [5.74, 6) is 1.19. The third kappa shape index (κ3) is 5.57. The summed E-state index contributed by atoms with van der Waals surface area (Å²) in [5, 5.41) is 2.91. The van der Waals surface area contributed by atoms with E-state index in [0.717, 1.165) is 25.9 Å². The van der Waals surface area contributed by atoms with Gasteiger partial charge in [-0.1, -0.05) is 42.5 Å². The van der Waals surface area contributed by atoms with Crippen LogP contribution in [0.2, 0.25) is 0 Å². The van der Waals surface area contributed by atoms with Crippen molar-refractivity contribution >= 4 is 11.6 Å². The van der Waals surface area contributed by atoms with E-state index in [0.29, 0.717) is 18.0 Å². The summed E-state index contributed by atoms with van der Waals surface area (Å²) >= 11 is 0. The molecule has 31 heavy (non-hydrogen) atoms. The molecule has 1 aliphatic rings. The fourth-order valence-corrected chi connectivity index (χ4v) is 3.83. The molecule has 1 N–H and O–H groups in total. The van der Waals surface area contributed by atoms with E-state index in [4.69, 9.17) is 9.47 Å². The van der Waals surface area contributed by atoms with Crippen LogP contribution in [0.4, 0.5) is 5.69 Å². The number of carbonyl (C=O) groups is 1. The smallest absolute Gasteiger partial charge is 0.257 e. The SMILES string of the molecule is COc1cccc(OCC(=O)NCCc2ccc(N3CCc4ccccc4C3)cc2)c1. The van der Waals surface area contributed by atoms with Crippen LogP contribution in [-0.2, 0) is 24.2 Å². The Morgan fingerprint density at radius 1 is 0.968 bits per heavy atom. The van der Waals surface area contributed by atoms with E-state index in [9.17, 15) is 4.79 Å². The number of benzene rings is 3. The number of carbonyl (C=O) groups excluding carboxylic acids is 1. The van der Waals surface area contributed by atoms with Gasteiger partial charge in [-0.25, -0.2) is 0 Å². The van der Waals surface area contributed by atoms with Crippen LogP contribution in [0, 0.1) is 0 Å². The Labute approximate surface area is 183 Å². The number of methoxy groups -OCH3 is 1. The predicted molar refractivity (Wildman–Crippen MR) is 123 cm³/mol. The van der Waals surface area contributed by atoms with Crippen LogP contribution in [0.25, 0.3) is 0 Å². The minimum absolute atomic E-state index is 0.0114. The van der Waals surface area contributed by atoms with E-state index in [1.165, 1.54) is 22.4 Å². The Hall–Kier alpha value is -3.47. The van der Waals surface area contributed by atoms with Crippen LogP contribution in [0.15, 0.2) is 72.8 Å². The first-order chi connectivity index (χ1) is 15.2. The fraction of sp³-hybridized carbons (Fsp3) is 0.269. The molecule has 1 heterocycles. The molecule has 0 unspecified atom stereocenters. The molecule has 0 fully saturated rings. The molecule has 0 aliphatic carbocycles. The molecule has 160 valence electrons. The second-order valence-corrected chi connectivity index (χ2v) is 7.67. The molecular weight excluding hydrogens is 388 g/mol. The highest BCUT2D eigenvalue weighted by Crippen LogP contribution is 2.24. The molecular formula is C26H28N2O3. The van der Waals surface area contributed by atoms with E-state index >= 15 is 0 Å². The van der Waals surface area contributed by atoms with Gasteiger partial charge in [0.1, 0.15) is 11.5 Å². The molecule has 3 aromatic carbocycles. The molecule has 4 rings (SSSR count). The zero-order valence-corrected chi connectivity index (χ0v) is 17.8. The zero-order valence-electron chi connectivity index (χ0n) is 17.8. The zero-order chi connectivity index (χ0) is 21.5. The molecule has 3 aromatic rings. The highest BCUT2D eigenvalue weighted by molar-refractivity contribution is 5.77. The topological polar surface area (TPSA) is 50.8 Å². The Kier molecular flexibility index (Phi) is 6.72. The van der Waals surface area contributed by atoms with Crippen molar-refractivity contribution in [2.24, 2.45) is 0 Å². The third-order valence-electron chi connectivity index (χ3n) is 5.58. The normalized spacial score (nSPS) is 12.7. The first-order valence-electron chi connectivity index (χ1n) is 10.7. The van der Waals surface area contributed by atoms with Crippen LogP contribution in [0.5, 0.6) is 11.5 Å². The van der Waals surface area contributed by atoms with E-state index in [1.807, 2.05) is 12.1 Å². The van der Waals surface area contributed by atoms with Crippen molar-refractivity contribution in [1.82, 2.24) is 5.32 Å². The minimum atomic E-state index is -0.133. The van der Waals surface area contributed by atoms with Gasteiger partial charge >= 0.3 is 0 Å². The number of nitrogens with one attached hydrogen (secondary N) is 1. The van der Waals surface area contributed by atoms with Gasteiger partial charge in [-0.15, -0.1) is 0 Å². The highest BCUT2D eigenvalue weighted by Gasteiger charge is 2.15. The van der Waals surface area contributed by atoms with Gasteiger partial charge in [0.25, 0.3) is 5.91 Å². The Morgan fingerprint density at radius 2 is 1.74 bits per heavy atom. The van der Waals surface area contributed by atoms with Crippen molar-refractivity contribution < 1.29 is 14.3 Å². The highest BCUT2D eigenvalue weighted by atomic mass is 16.5. The van der Waals surface area contributed by atoms with Gasteiger partial charge < -0.3 is 19.7 Å². The molecule has 0 radical (unpaired) electrons. The average Bonchev–Trinajstić information content (AvgIpc) is 2.83. The number of amides is 1. The summed E-state index contributed by atoms with van der Waals surface area (Å²) in [6.45, 7) is 2.57. The van der Waals surface area contributed by atoms with E-state index in [1.54, 1.807) is 19.2 Å². The van der Waals surface area contributed by atoms with Crippen molar-refractivity contribution in [3.8, 4) is 11.5 Å². The number of fused-ring (bicyclic) bond motifs is 1. The second kappa shape index (κ2) is 10.0. The lowest BCUT2D eigenvalue weighted by Gasteiger charge is -2.30. The number of anilines is 1. The van der Waals surface area contributed by atoms with E-state index < -0.39 is 0 Å². The second-order valence-electron chi connectivity index (χ2n) is 7.67. The van der Waals surface area contributed by atoms with Crippen molar-refractivity contribution in [2.45, 2.75) is 19.4 Å². The Morgan fingerprint density at radius 3 is 2.55 bits per heavy atom. The van der Waals surface area contributed by atoms with Crippen LogP contribution in [-0.4, -0.2) is 32.7 Å². The van der Waals surface area contributed by atoms with Gasteiger partial charge in [0, 0.05) is 31.4 Å². The lowest BCUT2D eigenvalue weighted by Crippen LogP contribution is -2.31. The monoisotopic (exact) mass is 416 g/mol. The molecule has 1 aliphatic heterocycles. The summed E-state index contributed by atoms with van der Waals surface area (Å²) in [6.07, 6.45) is 1.87. The summed E-state index contributed by atoms with van der Waals surface area (Å²) in [7, 11) is 1.60. The lowest BCUT2D eigenvalue weighted by molar-refractivity contribution is -0.123. The standard InChI is InChI=1S/C26H28N2O3/c1-30-24-7-4-8-25(17-24)31-19-26(29)27-15-13-20-9-11-23(12-10-20)28-16-14-21-5-2-3-6-22(21)18-28/h2-12,17H,13-16,18-19H2,1H3,(H,27,29). The van der Waals surface area contributed by atoms with Crippen LogP contribution in [0.1, 0.15) is 16.7 Å². The molecule has 5 heteroatoms. The summed E-state index contributed by atoms with van der Waals surface area (Å²) in [4.78, 5) is 14.5. The van der Waals surface area contributed by atoms with Gasteiger partial charge in [0.2, 0.25) is 0 Å². The van der Waals surface area contributed by atoms with Gasteiger partial charge in [0.15, 0.2) is 6.61 Å². The first kappa shape index (κ1) is 20.8. The molecule has 1 amide bonds. The largest absolute Gasteiger partial charge is 0.497 e. The lowest BCUT2D eigenvalue weighted by atomic mass is 9.99. The van der Waals surface area contributed by atoms with Crippen molar-refractivity contribution in [3.63, 3.8) is 0 Å². The Bertz CT molecular complexity index is 1020. The number of hydrogen-bond donors (Lipinski definition) is 1. The molecule has 0 saturated heterocycles. The summed E-state index contributed by atoms with van der Waals surface area (Å²) in [5.41, 5.74) is 5.32. The molecule has 5 nitrogen and oxygen atoms in total. The molecule has 0 atom stereocenters. The molecule has 0 saturated carbocycles. The number of nitrogens with zero attached hydrogens (tertiary/aromatic N) is 1. The minimum Gasteiger partial charge on any atom is -0.497 e. The first-order valence-corrected chi connectivity index (χ1v) is 10.7. The fourth-order valence-electron chi connectivity index (χ4n) is 3.83. The van der Waals surface area contributed by atoms with Gasteiger partial charge in [-0.05, 0) is 53.8 Å². The summed E-state index contributed by atoms with van der Waals surface area (Å²) < 4.78 is 10.7. The molecule has 0 aromatic heterocycles. The van der Waals surface area contributed by atoms with Crippen molar-refractivity contribution in [1.29, 1.82) is 0 Å². The van der Waals surface area contributed by atoms with E-state index in [-0.39, 0.29) is 12.5 Å². The predicted octanol–water partition coefficient (Wildman–Crippen LogP) is 4.00. The van der Waals surface area contributed by atoms with Crippen LogP contribution in [0.3, 0.4) is 0 Å². The van der Waals surface area contributed by atoms with Crippen LogP contribution >= 0.6 is 0 Å². The Balaban J connectivity index is 1.21. The van der Waals surface area contributed by atoms with Crippen LogP contribution < -0.4 is 19.7 Å². The van der Waals surface area contributed by atoms with Crippen molar-refractivity contribution in [2.75, 3.05) is 31.7 Å². The third-order valence-corrected chi connectivity index (χ3v) is 5.58. The van der Waals surface area contributed by atoms with Crippen molar-refractivity contribution in [3.05, 3.63) is 89.5 Å². The summed E-state index contributed by atoms with van der Waals surface area (Å²) in [6, 6.07) is 24.6. The quantitative estimate of drug-likeness (QED) is 0.603. The maximum absolute atomic E-state index is 12.0. The maximum Gasteiger partial charge on any atom is 0.257 e. The molecule has 0 spiro atoms. The molecule has 0 bridgehead atoms. The number of hydrogen-bond acceptors (Lipinski definition) is 4. The van der Waals surface area contributed by atoms with E-state index in [2.05, 4.69) is 58.7 Å². The van der Waals surface area contributed by atoms with Gasteiger partial charge in [-0.3, -0.25) is 4.79 Å². The van der Waals surface area contributed by atoms with Gasteiger partial charge in [-0.2, -0.15) is 0 Å². The number of ether oxygens (including phenoxy) is 2. The van der Waals surface area contributed by atoms with Gasteiger partial charge in [0.05, 0.1) is 7.11 Å².